The third kappa shape index (κ3) is 5.39. The van der Waals surface area contributed by atoms with E-state index in [9.17, 15) is 0 Å². The fraction of sp³-hybridized carbons (Fsp3) is 0.676. The Bertz CT molecular complexity index is 1050. The minimum absolute atomic E-state index is 0.0778. The highest BCUT2D eigenvalue weighted by Gasteiger charge is 2.56. The number of rotatable bonds is 8. The molecule has 39 heavy (non-hydrogen) atoms. The van der Waals surface area contributed by atoms with Crippen LogP contribution < -0.4 is 11.5 Å². The van der Waals surface area contributed by atoms with Gasteiger partial charge in [0.2, 0.25) is 0 Å². The third-order valence-electron chi connectivity index (χ3n) is 11.2. The molecule has 2 aromatic rings. The zero-order valence-electron chi connectivity index (χ0n) is 26.4. The lowest BCUT2D eigenvalue weighted by molar-refractivity contribution is -0.000436. The summed E-state index contributed by atoms with van der Waals surface area (Å²) in [6, 6.07) is 14.1. The molecule has 6 atom stereocenters. The van der Waals surface area contributed by atoms with Crippen LogP contribution in [0.2, 0.25) is 0 Å². The van der Waals surface area contributed by atoms with E-state index < -0.39 is 0 Å². The molecular weight excluding hydrogens is 472 g/mol. The van der Waals surface area contributed by atoms with Crippen molar-refractivity contribution in [3.8, 4) is 0 Å². The summed E-state index contributed by atoms with van der Waals surface area (Å²) in [6.45, 7) is 19.6. The molecule has 0 radical (unpaired) electrons. The van der Waals surface area contributed by atoms with Crippen molar-refractivity contribution in [2.75, 3.05) is 11.5 Å². The number of anilines is 2. The van der Waals surface area contributed by atoms with Crippen molar-refractivity contribution in [3.05, 3.63) is 58.7 Å². The van der Waals surface area contributed by atoms with Gasteiger partial charge in [0, 0.05) is 5.41 Å². The molecule has 2 fully saturated rings. The zero-order valence-corrected chi connectivity index (χ0v) is 26.4. The van der Waals surface area contributed by atoms with Crippen molar-refractivity contribution in [3.63, 3.8) is 0 Å². The van der Waals surface area contributed by atoms with Gasteiger partial charge in [0.15, 0.2) is 0 Å². The maximum Gasteiger partial charge on any atom is 0.0583 e. The molecule has 0 aromatic heterocycles. The van der Waals surface area contributed by atoms with Crippen molar-refractivity contribution in [2.24, 2.45) is 47.3 Å². The highest BCUT2D eigenvalue weighted by molar-refractivity contribution is 5.73. The van der Waals surface area contributed by atoms with Gasteiger partial charge in [-0.3, -0.25) is 0 Å². The largest absolute Gasteiger partial charge is 0.397 e. The summed E-state index contributed by atoms with van der Waals surface area (Å²) in [7, 11) is 0. The number of nitrogen functional groups attached to an aromatic ring is 2. The van der Waals surface area contributed by atoms with Crippen LogP contribution in [0.3, 0.4) is 0 Å². The highest BCUT2D eigenvalue weighted by atomic mass is 14.7. The molecule has 2 aliphatic rings. The van der Waals surface area contributed by atoms with Gasteiger partial charge in [-0.25, -0.2) is 0 Å². The molecule has 2 aromatic carbocycles. The molecule has 2 aliphatic carbocycles. The zero-order chi connectivity index (χ0) is 28.5. The molecule has 0 bridgehead atoms. The lowest BCUT2D eigenvalue weighted by Crippen LogP contribution is -2.54. The first-order valence-electron chi connectivity index (χ1n) is 16.3. The molecule has 0 heterocycles. The molecule has 2 saturated carbocycles. The molecule has 0 amide bonds. The predicted octanol–water partition coefficient (Wildman–Crippen LogP) is 9.68. The Morgan fingerprint density at radius 1 is 0.744 bits per heavy atom. The molecule has 216 valence electrons. The van der Waals surface area contributed by atoms with E-state index in [1.54, 1.807) is 0 Å². The maximum absolute atomic E-state index is 6.87. The Morgan fingerprint density at radius 3 is 1.67 bits per heavy atom. The van der Waals surface area contributed by atoms with Gasteiger partial charge in [-0.2, -0.15) is 0 Å². The minimum Gasteiger partial charge on any atom is -0.397 e. The van der Waals surface area contributed by atoms with Crippen LogP contribution in [0.1, 0.15) is 116 Å². The Kier molecular flexibility index (Phi) is 9.45. The Morgan fingerprint density at radius 2 is 1.23 bits per heavy atom. The molecule has 4 rings (SSSR count). The van der Waals surface area contributed by atoms with Gasteiger partial charge in [-0.05, 0) is 114 Å². The minimum atomic E-state index is -0.0778. The second kappa shape index (κ2) is 12.3. The molecule has 4 N–H and O–H groups in total. The fourth-order valence-corrected chi connectivity index (χ4v) is 9.42. The topological polar surface area (TPSA) is 52.0 Å². The van der Waals surface area contributed by atoms with Gasteiger partial charge in [0.05, 0.1) is 11.4 Å². The molecule has 0 saturated heterocycles. The lowest BCUT2D eigenvalue weighted by atomic mass is 9.45. The first-order chi connectivity index (χ1) is 18.6. The molecule has 0 aliphatic heterocycles. The van der Waals surface area contributed by atoms with E-state index in [4.69, 9.17) is 11.5 Å². The third-order valence-corrected chi connectivity index (χ3v) is 11.2. The normalized spacial score (nSPS) is 29.5. The number of hydrogen-bond acceptors (Lipinski definition) is 2. The summed E-state index contributed by atoms with van der Waals surface area (Å²) >= 11 is 0. The maximum atomic E-state index is 6.87. The van der Waals surface area contributed by atoms with Crippen LogP contribution in [0.25, 0.3) is 0 Å². The number of hydrogen-bond donors (Lipinski definition) is 2. The Hall–Kier alpha value is -1.96. The Labute approximate surface area is 240 Å². The Balaban J connectivity index is 2.20. The molecule has 2 heteroatoms. The summed E-state index contributed by atoms with van der Waals surface area (Å²) < 4.78 is 0. The van der Waals surface area contributed by atoms with Crippen LogP contribution in [0, 0.1) is 47.3 Å². The van der Waals surface area contributed by atoms with E-state index >= 15 is 0 Å². The number of nitrogens with two attached hydrogens (primary N) is 2. The van der Waals surface area contributed by atoms with Gasteiger partial charge >= 0.3 is 0 Å². The lowest BCUT2D eigenvalue weighted by Gasteiger charge is -2.58. The second-order valence-electron chi connectivity index (χ2n) is 14.2. The monoisotopic (exact) mass is 530 g/mol. The van der Waals surface area contributed by atoms with Crippen molar-refractivity contribution >= 4 is 11.4 Å². The standard InChI is InChI=1S/C37H58N2/c1-9-28-29(10-2)36(39)35(38)22-34(28)37(27-14-12-11-13-15-27,32-20-25(7)16-18-30(32)23(3)4)33-21-26(8)17-19-31(33)24(5)6/h11-15,22-26,30-33H,9-10,16-21,38-39H2,1-8H3. The van der Waals surface area contributed by atoms with E-state index in [1.807, 2.05) is 0 Å². The smallest absolute Gasteiger partial charge is 0.0583 e. The molecule has 0 spiro atoms. The van der Waals surface area contributed by atoms with Crippen LogP contribution >= 0.6 is 0 Å². The second-order valence-corrected chi connectivity index (χ2v) is 14.2. The van der Waals surface area contributed by atoms with Crippen molar-refractivity contribution < 1.29 is 0 Å². The van der Waals surface area contributed by atoms with E-state index in [-0.39, 0.29) is 5.41 Å². The van der Waals surface area contributed by atoms with Crippen LogP contribution in [-0.2, 0) is 18.3 Å². The summed E-state index contributed by atoms with van der Waals surface area (Å²) in [6.07, 6.45) is 9.89. The predicted molar refractivity (Wildman–Crippen MR) is 171 cm³/mol. The van der Waals surface area contributed by atoms with Gasteiger partial charge in [-0.15, -0.1) is 0 Å². The van der Waals surface area contributed by atoms with Gasteiger partial charge in [0.25, 0.3) is 0 Å². The van der Waals surface area contributed by atoms with Crippen LogP contribution in [-0.4, -0.2) is 0 Å². The van der Waals surface area contributed by atoms with E-state index in [0.717, 1.165) is 36.1 Å². The summed E-state index contributed by atoms with van der Waals surface area (Å²) in [5, 5.41) is 0. The van der Waals surface area contributed by atoms with Gasteiger partial charge in [-0.1, -0.05) is 98.6 Å². The van der Waals surface area contributed by atoms with Crippen molar-refractivity contribution in [1.29, 1.82) is 0 Å². The SMILES string of the molecule is CCc1c(C(c2ccccc2)(C2CC(C)CCC2C(C)C)C2CC(C)CCC2C(C)C)cc(N)c(N)c1CC. The molecule has 2 nitrogen and oxygen atoms in total. The molecular formula is C37H58N2. The van der Waals surface area contributed by atoms with E-state index in [2.05, 4.69) is 91.8 Å². The summed E-state index contributed by atoms with van der Waals surface area (Å²) in [5.74, 6) is 5.36. The van der Waals surface area contributed by atoms with Crippen LogP contribution in [0.15, 0.2) is 36.4 Å². The van der Waals surface area contributed by atoms with E-state index in [1.165, 1.54) is 60.8 Å². The van der Waals surface area contributed by atoms with Gasteiger partial charge in [0.1, 0.15) is 0 Å². The highest BCUT2D eigenvalue weighted by Crippen LogP contribution is 2.61. The van der Waals surface area contributed by atoms with Crippen LogP contribution in [0.4, 0.5) is 11.4 Å². The number of benzene rings is 2. The first-order valence-corrected chi connectivity index (χ1v) is 16.3. The van der Waals surface area contributed by atoms with Crippen LogP contribution in [0.5, 0.6) is 0 Å². The summed E-state index contributed by atoms with van der Waals surface area (Å²) in [4.78, 5) is 0. The van der Waals surface area contributed by atoms with Crippen molar-refractivity contribution in [1.82, 2.24) is 0 Å². The average molecular weight is 531 g/mol. The van der Waals surface area contributed by atoms with Crippen molar-refractivity contribution in [2.45, 2.75) is 112 Å². The molecule has 6 unspecified atom stereocenters. The quantitative estimate of drug-likeness (QED) is 0.334. The summed E-state index contributed by atoms with van der Waals surface area (Å²) in [5.41, 5.74) is 21.0. The first kappa shape index (κ1) is 30.0. The fourth-order valence-electron chi connectivity index (χ4n) is 9.42. The van der Waals surface area contributed by atoms with E-state index in [0.29, 0.717) is 35.5 Å². The van der Waals surface area contributed by atoms with Gasteiger partial charge < -0.3 is 11.5 Å². The average Bonchev–Trinajstić information content (AvgIpc) is 2.91.